The molecule has 1 aliphatic heterocycles. The molecule has 1 saturated heterocycles. The van der Waals surface area contributed by atoms with E-state index in [1.807, 2.05) is 6.92 Å². The summed E-state index contributed by atoms with van der Waals surface area (Å²) in [5.41, 5.74) is 1.67. The highest BCUT2D eigenvalue weighted by molar-refractivity contribution is 6.22. The Hall–Kier alpha value is -3.41. The van der Waals surface area contributed by atoms with Gasteiger partial charge in [-0.15, -0.1) is 0 Å². The van der Waals surface area contributed by atoms with Gasteiger partial charge < -0.3 is 10.1 Å². The molecule has 162 valence electrons. The highest BCUT2D eigenvalue weighted by atomic mass is 16.5. The van der Waals surface area contributed by atoms with E-state index in [0.29, 0.717) is 35.4 Å². The van der Waals surface area contributed by atoms with Crippen molar-refractivity contribution in [2.45, 2.75) is 13.3 Å². The van der Waals surface area contributed by atoms with E-state index in [1.165, 1.54) is 4.90 Å². The summed E-state index contributed by atoms with van der Waals surface area (Å²) in [4.78, 5) is 40.4. The van der Waals surface area contributed by atoms with Crippen LogP contribution in [-0.4, -0.2) is 24.3 Å². The van der Waals surface area contributed by atoms with Crippen molar-refractivity contribution in [2.75, 3.05) is 16.8 Å². The molecule has 0 spiro atoms. The van der Waals surface area contributed by atoms with Crippen LogP contribution >= 0.6 is 0 Å². The smallest absolute Gasteiger partial charge is 0.255 e. The highest BCUT2D eigenvalue weighted by Gasteiger charge is 2.67. The summed E-state index contributed by atoms with van der Waals surface area (Å²) in [7, 11) is 0. The second-order valence-corrected chi connectivity index (χ2v) is 9.12. The SMILES string of the molecule is CCOc1ccc(NC(=O)c2ccc(N3C(=O)[C@@H]4[C@H]5C=C[C@@H]([C@@H]6C[C@H]56)[C@@H]4C3=O)cc2)cc1. The second-order valence-electron chi connectivity index (χ2n) is 9.12. The van der Waals surface area contributed by atoms with Gasteiger partial charge in [0.25, 0.3) is 5.91 Å². The van der Waals surface area contributed by atoms with Gasteiger partial charge in [0.1, 0.15) is 5.75 Å². The maximum atomic E-state index is 13.2. The molecule has 2 bridgehead atoms. The molecule has 5 aliphatic rings. The van der Waals surface area contributed by atoms with Gasteiger partial charge in [-0.2, -0.15) is 0 Å². The van der Waals surface area contributed by atoms with E-state index in [0.717, 1.165) is 12.2 Å². The van der Waals surface area contributed by atoms with Crippen molar-refractivity contribution in [3.8, 4) is 5.75 Å². The predicted molar refractivity (Wildman–Crippen MR) is 119 cm³/mol. The second kappa shape index (κ2) is 7.05. The Morgan fingerprint density at radius 2 is 1.53 bits per heavy atom. The third kappa shape index (κ3) is 2.82. The average Bonchev–Trinajstić information content (AvgIpc) is 3.59. The van der Waals surface area contributed by atoms with E-state index in [4.69, 9.17) is 4.74 Å². The normalized spacial score (nSPS) is 31.3. The number of imide groups is 1. The Morgan fingerprint density at radius 3 is 2.09 bits per heavy atom. The zero-order chi connectivity index (χ0) is 22.0. The van der Waals surface area contributed by atoms with Crippen molar-refractivity contribution in [2.24, 2.45) is 35.5 Å². The average molecular weight is 428 g/mol. The first kappa shape index (κ1) is 19.3. The van der Waals surface area contributed by atoms with Crippen LogP contribution in [0.4, 0.5) is 11.4 Å². The molecule has 0 radical (unpaired) electrons. The molecule has 2 aromatic carbocycles. The molecule has 3 amide bonds. The van der Waals surface area contributed by atoms with Gasteiger partial charge in [0.2, 0.25) is 11.8 Å². The highest BCUT2D eigenvalue weighted by Crippen LogP contribution is 2.65. The lowest BCUT2D eigenvalue weighted by Gasteiger charge is -2.37. The van der Waals surface area contributed by atoms with E-state index in [1.54, 1.807) is 48.5 Å². The summed E-state index contributed by atoms with van der Waals surface area (Å²) in [6, 6.07) is 13.9. The van der Waals surface area contributed by atoms with Gasteiger partial charge in [-0.25, -0.2) is 0 Å². The molecule has 2 saturated carbocycles. The molecule has 2 aromatic rings. The summed E-state index contributed by atoms with van der Waals surface area (Å²) in [6.07, 6.45) is 5.49. The third-order valence-corrected chi connectivity index (χ3v) is 7.47. The van der Waals surface area contributed by atoms with Crippen molar-refractivity contribution in [3.05, 3.63) is 66.2 Å². The number of nitrogens with one attached hydrogen (secondary N) is 1. The van der Waals surface area contributed by atoms with Crippen LogP contribution in [-0.2, 0) is 9.59 Å². The van der Waals surface area contributed by atoms with E-state index in [-0.39, 0.29) is 41.4 Å². The first-order valence-electron chi connectivity index (χ1n) is 11.3. The quantitative estimate of drug-likeness (QED) is 0.579. The van der Waals surface area contributed by atoms with Crippen LogP contribution in [0.1, 0.15) is 23.7 Å². The third-order valence-electron chi connectivity index (χ3n) is 7.47. The molecular formula is C26H24N2O4. The molecule has 7 rings (SSSR count). The Kier molecular flexibility index (Phi) is 4.25. The largest absolute Gasteiger partial charge is 0.494 e. The lowest BCUT2D eigenvalue weighted by Crippen LogP contribution is -2.40. The molecule has 6 nitrogen and oxygen atoms in total. The van der Waals surface area contributed by atoms with Gasteiger partial charge in [0.15, 0.2) is 0 Å². The van der Waals surface area contributed by atoms with Crippen molar-refractivity contribution >= 4 is 29.1 Å². The summed E-state index contributed by atoms with van der Waals surface area (Å²) in [5, 5.41) is 2.85. The number of anilines is 2. The molecule has 32 heavy (non-hydrogen) atoms. The minimum absolute atomic E-state index is 0.0868. The monoisotopic (exact) mass is 428 g/mol. The number of nitrogens with zero attached hydrogens (tertiary/aromatic N) is 1. The van der Waals surface area contributed by atoms with Crippen LogP contribution < -0.4 is 15.0 Å². The van der Waals surface area contributed by atoms with Gasteiger partial charge in [-0.1, -0.05) is 12.2 Å². The molecule has 4 aliphatic carbocycles. The van der Waals surface area contributed by atoms with Crippen LogP contribution in [0, 0.1) is 35.5 Å². The summed E-state index contributed by atoms with van der Waals surface area (Å²) >= 11 is 0. The number of hydrogen-bond acceptors (Lipinski definition) is 4. The van der Waals surface area contributed by atoms with Crippen LogP contribution in [0.5, 0.6) is 5.75 Å². The summed E-state index contributed by atoms with van der Waals surface area (Å²) in [5.74, 6) is 1.45. The zero-order valence-electron chi connectivity index (χ0n) is 17.7. The molecule has 1 heterocycles. The first-order chi connectivity index (χ1) is 15.6. The maximum Gasteiger partial charge on any atom is 0.255 e. The minimum Gasteiger partial charge on any atom is -0.494 e. The fourth-order valence-corrected chi connectivity index (χ4v) is 5.98. The number of hydrogen-bond donors (Lipinski definition) is 1. The lowest BCUT2D eigenvalue weighted by molar-refractivity contribution is -0.124. The van der Waals surface area contributed by atoms with E-state index >= 15 is 0 Å². The number of amides is 3. The Bertz CT molecular complexity index is 1100. The number of rotatable bonds is 5. The Balaban J connectivity index is 1.18. The van der Waals surface area contributed by atoms with Crippen molar-refractivity contribution in [3.63, 3.8) is 0 Å². The lowest BCUT2D eigenvalue weighted by atomic mass is 9.63. The van der Waals surface area contributed by atoms with Gasteiger partial charge >= 0.3 is 0 Å². The molecule has 0 aromatic heterocycles. The number of allylic oxidation sites excluding steroid dienone is 2. The fourth-order valence-electron chi connectivity index (χ4n) is 5.98. The minimum atomic E-state index is -0.254. The Morgan fingerprint density at radius 1 is 0.938 bits per heavy atom. The molecule has 6 heteroatoms. The zero-order valence-corrected chi connectivity index (χ0v) is 17.7. The van der Waals surface area contributed by atoms with Gasteiger partial charge in [-0.3, -0.25) is 19.3 Å². The van der Waals surface area contributed by atoms with Gasteiger partial charge in [0.05, 0.1) is 24.1 Å². The molecule has 1 N–H and O–H groups in total. The maximum absolute atomic E-state index is 13.2. The van der Waals surface area contributed by atoms with Crippen molar-refractivity contribution in [1.29, 1.82) is 0 Å². The number of carbonyl (C=O) groups excluding carboxylic acids is 3. The number of ether oxygens (including phenoxy) is 1. The Labute approximate surface area is 186 Å². The summed E-state index contributed by atoms with van der Waals surface area (Å²) in [6.45, 7) is 2.50. The van der Waals surface area contributed by atoms with Gasteiger partial charge in [-0.05, 0) is 85.5 Å². The summed E-state index contributed by atoms with van der Waals surface area (Å²) < 4.78 is 5.41. The molecular weight excluding hydrogens is 404 g/mol. The standard InChI is InChI=1S/C26H24N2O4/c1-2-32-17-9-5-15(6-10-17)27-24(29)14-3-7-16(8-4-14)28-25(30)22-18-11-12-19(21-13-20(18)21)23(22)26(28)31/h3-12,18-23H,2,13H2,1H3,(H,27,29)/t18-,19-,20-,21+,22-,23+/m0/s1. The van der Waals surface area contributed by atoms with Crippen LogP contribution in [0.3, 0.4) is 0 Å². The first-order valence-corrected chi connectivity index (χ1v) is 11.3. The van der Waals surface area contributed by atoms with Crippen molar-refractivity contribution < 1.29 is 19.1 Å². The fraction of sp³-hybridized carbons (Fsp3) is 0.346. The molecule has 6 atom stereocenters. The van der Waals surface area contributed by atoms with Crippen LogP contribution in [0.2, 0.25) is 0 Å². The molecule has 3 fully saturated rings. The number of benzene rings is 2. The topological polar surface area (TPSA) is 75.7 Å². The van der Waals surface area contributed by atoms with Crippen molar-refractivity contribution in [1.82, 2.24) is 0 Å². The molecule has 0 unspecified atom stereocenters. The predicted octanol–water partition coefficient (Wildman–Crippen LogP) is 3.90. The van der Waals surface area contributed by atoms with E-state index in [9.17, 15) is 14.4 Å². The van der Waals surface area contributed by atoms with E-state index in [2.05, 4.69) is 17.5 Å². The van der Waals surface area contributed by atoms with Crippen LogP contribution in [0.15, 0.2) is 60.7 Å². The van der Waals surface area contributed by atoms with E-state index < -0.39 is 0 Å². The number of carbonyl (C=O) groups is 3. The van der Waals surface area contributed by atoms with Crippen LogP contribution in [0.25, 0.3) is 0 Å². The van der Waals surface area contributed by atoms with Gasteiger partial charge in [0, 0.05) is 11.3 Å².